The largest absolute Gasteiger partial charge is 0.488 e. The minimum Gasteiger partial charge on any atom is -0.488 e. The molecule has 0 spiro atoms. The summed E-state index contributed by atoms with van der Waals surface area (Å²) in [4.78, 5) is 11.9. The van der Waals surface area contributed by atoms with E-state index in [2.05, 4.69) is 10.6 Å². The Labute approximate surface area is 133 Å². The normalized spacial score (nSPS) is 19.4. The van der Waals surface area contributed by atoms with E-state index in [1.54, 1.807) is 6.92 Å². The van der Waals surface area contributed by atoms with Crippen LogP contribution in [0.25, 0.3) is 0 Å². The molecule has 2 N–H and O–H groups in total. The van der Waals surface area contributed by atoms with Gasteiger partial charge >= 0.3 is 6.18 Å². The van der Waals surface area contributed by atoms with Crippen molar-refractivity contribution in [2.75, 3.05) is 13.1 Å². The van der Waals surface area contributed by atoms with E-state index >= 15 is 0 Å². The zero-order chi connectivity index (χ0) is 16.9. The fraction of sp³-hybridized carbons (Fsp3) is 0.562. The van der Waals surface area contributed by atoms with E-state index < -0.39 is 17.8 Å². The van der Waals surface area contributed by atoms with Crippen LogP contribution in [0, 0.1) is 0 Å². The summed E-state index contributed by atoms with van der Waals surface area (Å²) >= 11 is 0. The minimum absolute atomic E-state index is 0.131. The molecular formula is C16H21F3N2O2. The minimum atomic E-state index is -4.47. The van der Waals surface area contributed by atoms with Gasteiger partial charge < -0.3 is 15.4 Å². The third-order valence-corrected chi connectivity index (χ3v) is 3.82. The molecule has 7 heteroatoms. The Kier molecular flexibility index (Phi) is 5.87. The number of nitrogens with one attached hydrogen (secondary N) is 2. The fourth-order valence-corrected chi connectivity index (χ4v) is 2.50. The van der Waals surface area contributed by atoms with Crippen LogP contribution in [-0.4, -0.2) is 31.1 Å². The van der Waals surface area contributed by atoms with Crippen LogP contribution in [0.5, 0.6) is 5.75 Å². The lowest BCUT2D eigenvalue weighted by Crippen LogP contribution is -2.44. The van der Waals surface area contributed by atoms with E-state index in [-0.39, 0.29) is 24.2 Å². The molecule has 0 radical (unpaired) electrons. The highest BCUT2D eigenvalue weighted by molar-refractivity contribution is 5.82. The van der Waals surface area contributed by atoms with Gasteiger partial charge in [0.1, 0.15) is 11.9 Å². The number of alkyl halides is 3. The van der Waals surface area contributed by atoms with Crippen LogP contribution < -0.4 is 15.4 Å². The monoisotopic (exact) mass is 330 g/mol. The van der Waals surface area contributed by atoms with Crippen molar-refractivity contribution in [3.05, 3.63) is 29.8 Å². The molecule has 1 fully saturated rings. The summed E-state index contributed by atoms with van der Waals surface area (Å²) in [5.41, 5.74) is -0.803. The van der Waals surface area contributed by atoms with Crippen molar-refractivity contribution >= 4 is 5.91 Å². The summed E-state index contributed by atoms with van der Waals surface area (Å²) in [6.07, 6.45) is -2.76. The molecule has 1 aliphatic heterocycles. The summed E-state index contributed by atoms with van der Waals surface area (Å²) < 4.78 is 44.4. The lowest BCUT2D eigenvalue weighted by Gasteiger charge is -2.21. The molecular weight excluding hydrogens is 309 g/mol. The first-order valence-corrected chi connectivity index (χ1v) is 7.75. The van der Waals surface area contributed by atoms with E-state index in [9.17, 15) is 18.0 Å². The van der Waals surface area contributed by atoms with Crippen LogP contribution in [0.15, 0.2) is 24.3 Å². The second-order valence-corrected chi connectivity index (χ2v) is 5.54. The predicted octanol–water partition coefficient (Wildman–Crippen LogP) is 2.73. The summed E-state index contributed by atoms with van der Waals surface area (Å²) in [6.45, 7) is 2.80. The van der Waals surface area contributed by atoms with E-state index in [1.807, 2.05) is 0 Å². The van der Waals surface area contributed by atoms with Crippen LogP contribution in [0.2, 0.25) is 0 Å². The average molecular weight is 330 g/mol. The van der Waals surface area contributed by atoms with Crippen molar-refractivity contribution in [2.45, 2.75) is 44.5 Å². The predicted molar refractivity (Wildman–Crippen MR) is 80.2 cm³/mol. The highest BCUT2D eigenvalue weighted by atomic mass is 19.4. The highest BCUT2D eigenvalue weighted by Crippen LogP contribution is 2.36. The zero-order valence-electron chi connectivity index (χ0n) is 13.0. The Balaban J connectivity index is 1.96. The van der Waals surface area contributed by atoms with Crippen LogP contribution in [0.3, 0.4) is 0 Å². The summed E-state index contributed by atoms with van der Waals surface area (Å²) in [7, 11) is 0. The van der Waals surface area contributed by atoms with Crippen LogP contribution in [-0.2, 0) is 11.0 Å². The number of rotatable bonds is 6. The van der Waals surface area contributed by atoms with Crippen LogP contribution in [0.4, 0.5) is 13.2 Å². The maximum atomic E-state index is 13.0. The molecule has 2 atom stereocenters. The van der Waals surface area contributed by atoms with Gasteiger partial charge in [-0.2, -0.15) is 13.2 Å². The third-order valence-electron chi connectivity index (χ3n) is 3.82. The molecule has 1 heterocycles. The fourth-order valence-electron chi connectivity index (χ4n) is 2.50. The lowest BCUT2D eigenvalue weighted by atomic mass is 10.2. The molecule has 1 amide bonds. The van der Waals surface area contributed by atoms with Crippen LogP contribution >= 0.6 is 0 Å². The standard InChI is InChI=1S/C16H21F3N2O2/c1-2-11(10-21-15(22)13-7-5-9-20-13)23-14-8-4-3-6-12(14)16(17,18)19/h3-4,6,8,11,13,20H,2,5,7,9-10H2,1H3,(H,21,22). The van der Waals surface area contributed by atoms with Gasteiger partial charge in [0.25, 0.3) is 0 Å². The molecule has 4 nitrogen and oxygen atoms in total. The van der Waals surface area contributed by atoms with Gasteiger partial charge in [-0.3, -0.25) is 4.79 Å². The molecule has 128 valence electrons. The van der Waals surface area contributed by atoms with Gasteiger partial charge in [0.15, 0.2) is 0 Å². The van der Waals surface area contributed by atoms with Gasteiger partial charge in [0.05, 0.1) is 18.2 Å². The molecule has 0 bridgehead atoms. The number of carbonyl (C=O) groups excluding carboxylic acids is 1. The quantitative estimate of drug-likeness (QED) is 0.843. The lowest BCUT2D eigenvalue weighted by molar-refractivity contribution is -0.139. The first-order valence-electron chi connectivity index (χ1n) is 7.75. The molecule has 23 heavy (non-hydrogen) atoms. The van der Waals surface area contributed by atoms with Crippen molar-refractivity contribution in [3.8, 4) is 5.75 Å². The number of ether oxygens (including phenoxy) is 1. The van der Waals surface area contributed by atoms with E-state index in [0.29, 0.717) is 6.42 Å². The molecule has 0 aromatic heterocycles. The average Bonchev–Trinajstić information content (AvgIpc) is 3.05. The van der Waals surface area contributed by atoms with Gasteiger partial charge in [0, 0.05) is 0 Å². The van der Waals surface area contributed by atoms with Crippen molar-refractivity contribution in [1.29, 1.82) is 0 Å². The summed E-state index contributed by atoms with van der Waals surface area (Å²) in [6, 6.07) is 4.90. The van der Waals surface area contributed by atoms with Crippen molar-refractivity contribution < 1.29 is 22.7 Å². The van der Waals surface area contributed by atoms with Crippen molar-refractivity contribution in [2.24, 2.45) is 0 Å². The second-order valence-electron chi connectivity index (χ2n) is 5.54. The molecule has 1 aromatic carbocycles. The van der Waals surface area contributed by atoms with E-state index in [4.69, 9.17) is 4.74 Å². The Bertz CT molecular complexity index is 528. The van der Waals surface area contributed by atoms with Gasteiger partial charge in [-0.05, 0) is 37.9 Å². The molecule has 1 aliphatic rings. The number of halogens is 3. The van der Waals surface area contributed by atoms with Gasteiger partial charge in [-0.15, -0.1) is 0 Å². The molecule has 1 aromatic rings. The Hall–Kier alpha value is -1.76. The number of hydrogen-bond donors (Lipinski definition) is 2. The van der Waals surface area contributed by atoms with Gasteiger partial charge in [0.2, 0.25) is 5.91 Å². The SMILES string of the molecule is CCC(CNC(=O)C1CCCN1)Oc1ccccc1C(F)(F)F. The zero-order valence-corrected chi connectivity index (χ0v) is 13.0. The van der Waals surface area contributed by atoms with Gasteiger partial charge in [-0.1, -0.05) is 19.1 Å². The number of benzene rings is 1. The number of para-hydroxylation sites is 1. The third kappa shape index (κ3) is 4.86. The molecule has 1 saturated heterocycles. The maximum absolute atomic E-state index is 13.0. The van der Waals surface area contributed by atoms with Crippen molar-refractivity contribution in [1.82, 2.24) is 10.6 Å². The number of amides is 1. The van der Waals surface area contributed by atoms with E-state index in [0.717, 1.165) is 25.5 Å². The first kappa shape index (κ1) is 17.6. The second kappa shape index (κ2) is 7.68. The maximum Gasteiger partial charge on any atom is 0.419 e. The summed E-state index contributed by atoms with van der Waals surface area (Å²) in [5, 5.41) is 5.82. The number of hydrogen-bond acceptors (Lipinski definition) is 3. The smallest absolute Gasteiger partial charge is 0.419 e. The molecule has 0 saturated carbocycles. The Morgan fingerprint density at radius 1 is 1.43 bits per heavy atom. The van der Waals surface area contributed by atoms with Crippen molar-refractivity contribution in [3.63, 3.8) is 0 Å². The van der Waals surface area contributed by atoms with Crippen LogP contribution in [0.1, 0.15) is 31.7 Å². The number of carbonyl (C=O) groups is 1. The first-order chi connectivity index (χ1) is 10.9. The van der Waals surface area contributed by atoms with E-state index in [1.165, 1.54) is 18.2 Å². The summed E-state index contributed by atoms with van der Waals surface area (Å²) in [5.74, 6) is -0.339. The Morgan fingerprint density at radius 2 is 2.17 bits per heavy atom. The van der Waals surface area contributed by atoms with Gasteiger partial charge in [-0.25, -0.2) is 0 Å². The highest BCUT2D eigenvalue weighted by Gasteiger charge is 2.34. The topological polar surface area (TPSA) is 50.4 Å². The Morgan fingerprint density at radius 3 is 2.78 bits per heavy atom. The molecule has 0 aliphatic carbocycles. The molecule has 2 rings (SSSR count). The molecule has 2 unspecified atom stereocenters.